The van der Waals surface area contributed by atoms with Gasteiger partial charge in [-0.25, -0.2) is 0 Å². The molecule has 2 N–H and O–H groups in total. The fourth-order valence-corrected chi connectivity index (χ4v) is 2.76. The fourth-order valence-electron chi connectivity index (χ4n) is 2.30. The van der Waals surface area contributed by atoms with Crippen molar-refractivity contribution in [2.24, 2.45) is 0 Å². The van der Waals surface area contributed by atoms with Crippen molar-refractivity contribution in [2.75, 3.05) is 13.1 Å². The van der Waals surface area contributed by atoms with Gasteiger partial charge in [-0.1, -0.05) is 12.1 Å². The molecule has 1 aliphatic rings. The second kappa shape index (κ2) is 3.65. The van der Waals surface area contributed by atoms with Gasteiger partial charge in [0.15, 0.2) is 0 Å². The minimum atomic E-state index is 0.691. The zero-order valence-electron chi connectivity index (χ0n) is 8.39. The van der Waals surface area contributed by atoms with Crippen LogP contribution in [0.1, 0.15) is 17.9 Å². The van der Waals surface area contributed by atoms with Crippen LogP contribution in [0, 0.1) is 0 Å². The zero-order valence-corrected chi connectivity index (χ0v) is 9.97. The van der Waals surface area contributed by atoms with Gasteiger partial charge in [0, 0.05) is 28.1 Å². The highest BCUT2D eigenvalue weighted by molar-refractivity contribution is 9.10. The lowest BCUT2D eigenvalue weighted by molar-refractivity contribution is 0.764. The molecule has 0 saturated carbocycles. The van der Waals surface area contributed by atoms with Crippen molar-refractivity contribution >= 4 is 26.8 Å². The van der Waals surface area contributed by atoms with Gasteiger partial charge >= 0.3 is 0 Å². The molecular weight excluding hydrogens is 252 g/mol. The largest absolute Gasteiger partial charge is 0.360 e. The molecule has 3 heteroatoms. The zero-order chi connectivity index (χ0) is 10.3. The highest BCUT2D eigenvalue weighted by Gasteiger charge is 2.16. The van der Waals surface area contributed by atoms with Crippen molar-refractivity contribution in [3.05, 3.63) is 34.4 Å². The maximum Gasteiger partial charge on any atom is 0.0468 e. The molecule has 3 rings (SSSR count). The molecule has 15 heavy (non-hydrogen) atoms. The lowest BCUT2D eigenvalue weighted by atomic mass is 9.98. The minimum absolute atomic E-state index is 0.691. The van der Waals surface area contributed by atoms with E-state index in [2.05, 4.69) is 44.4 Å². The number of benzene rings is 1. The average molecular weight is 265 g/mol. The fraction of sp³-hybridized carbons (Fsp3) is 0.333. The van der Waals surface area contributed by atoms with Gasteiger partial charge in [-0.2, -0.15) is 0 Å². The van der Waals surface area contributed by atoms with E-state index >= 15 is 0 Å². The van der Waals surface area contributed by atoms with E-state index in [0.29, 0.717) is 5.92 Å². The minimum Gasteiger partial charge on any atom is -0.360 e. The van der Waals surface area contributed by atoms with Crippen LogP contribution >= 0.6 is 15.9 Å². The van der Waals surface area contributed by atoms with Gasteiger partial charge in [0.1, 0.15) is 0 Å². The number of aromatic nitrogens is 1. The van der Waals surface area contributed by atoms with E-state index in [1.54, 1.807) is 0 Å². The van der Waals surface area contributed by atoms with Crippen molar-refractivity contribution in [3.8, 4) is 0 Å². The molecule has 2 nitrogen and oxygen atoms in total. The second-order valence-corrected chi connectivity index (χ2v) is 4.99. The van der Waals surface area contributed by atoms with E-state index in [-0.39, 0.29) is 0 Å². The van der Waals surface area contributed by atoms with E-state index in [0.717, 1.165) is 17.6 Å². The third-order valence-corrected chi connectivity index (χ3v) is 3.84. The van der Waals surface area contributed by atoms with E-state index in [1.807, 2.05) is 6.20 Å². The number of hydrogen-bond donors (Lipinski definition) is 2. The molecule has 1 aromatic carbocycles. The smallest absolute Gasteiger partial charge is 0.0468 e. The summed E-state index contributed by atoms with van der Waals surface area (Å²) in [4.78, 5) is 3.28. The van der Waals surface area contributed by atoms with Gasteiger partial charge in [0.2, 0.25) is 0 Å². The summed E-state index contributed by atoms with van der Waals surface area (Å²) >= 11 is 3.53. The van der Waals surface area contributed by atoms with Gasteiger partial charge in [-0.05, 0) is 46.4 Å². The molecule has 2 aromatic rings. The molecule has 0 spiro atoms. The van der Waals surface area contributed by atoms with Crippen molar-refractivity contribution in [3.63, 3.8) is 0 Å². The molecule has 0 amide bonds. The lowest BCUT2D eigenvalue weighted by Crippen LogP contribution is -2.07. The summed E-state index contributed by atoms with van der Waals surface area (Å²) in [6.07, 6.45) is 3.26. The summed E-state index contributed by atoms with van der Waals surface area (Å²) in [5, 5.41) is 4.67. The van der Waals surface area contributed by atoms with Crippen LogP contribution < -0.4 is 5.32 Å². The van der Waals surface area contributed by atoms with E-state index in [9.17, 15) is 0 Å². The van der Waals surface area contributed by atoms with Crippen molar-refractivity contribution in [1.82, 2.24) is 10.3 Å². The lowest BCUT2D eigenvalue weighted by Gasteiger charge is -2.08. The Morgan fingerprint density at radius 3 is 3.07 bits per heavy atom. The highest BCUT2D eigenvalue weighted by atomic mass is 79.9. The number of hydrogen-bond acceptors (Lipinski definition) is 1. The van der Waals surface area contributed by atoms with Gasteiger partial charge < -0.3 is 10.3 Å². The second-order valence-electron chi connectivity index (χ2n) is 4.13. The van der Waals surface area contributed by atoms with E-state index < -0.39 is 0 Å². The molecule has 0 bridgehead atoms. The van der Waals surface area contributed by atoms with Gasteiger partial charge in [-0.3, -0.25) is 0 Å². The highest BCUT2D eigenvalue weighted by Crippen LogP contribution is 2.28. The Bertz CT molecular complexity index is 483. The van der Waals surface area contributed by atoms with Crippen LogP contribution in [-0.2, 0) is 0 Å². The molecule has 1 aromatic heterocycles. The Morgan fingerprint density at radius 2 is 2.27 bits per heavy atom. The molecule has 1 unspecified atom stereocenters. The maximum atomic E-state index is 3.53. The van der Waals surface area contributed by atoms with Gasteiger partial charge in [0.05, 0.1) is 0 Å². The Kier molecular flexibility index (Phi) is 2.29. The molecule has 2 heterocycles. The first kappa shape index (κ1) is 9.43. The maximum absolute atomic E-state index is 3.53. The molecule has 1 saturated heterocycles. The van der Waals surface area contributed by atoms with E-state index in [1.165, 1.54) is 22.9 Å². The van der Waals surface area contributed by atoms with Crippen LogP contribution in [0.2, 0.25) is 0 Å². The van der Waals surface area contributed by atoms with Crippen molar-refractivity contribution < 1.29 is 0 Å². The van der Waals surface area contributed by atoms with E-state index in [4.69, 9.17) is 0 Å². The Hall–Kier alpha value is -0.800. The molecular formula is C12H13BrN2. The molecule has 78 valence electrons. The summed E-state index contributed by atoms with van der Waals surface area (Å²) in [5.74, 6) is 0.691. The number of nitrogens with one attached hydrogen (secondary N) is 2. The summed E-state index contributed by atoms with van der Waals surface area (Å²) in [6, 6.07) is 6.72. The molecule has 1 atom stereocenters. The number of rotatable bonds is 1. The third kappa shape index (κ3) is 1.60. The van der Waals surface area contributed by atoms with Crippen LogP contribution in [-0.4, -0.2) is 18.1 Å². The normalized spacial score (nSPS) is 21.3. The van der Waals surface area contributed by atoms with Crippen LogP contribution in [0.3, 0.4) is 0 Å². The standard InChI is InChI=1S/C12H13BrN2/c13-11-7-15-12-5-8(1-2-10(11)12)9-3-4-14-6-9/h1-2,5,7,9,14-15H,3-4,6H2. The number of aromatic amines is 1. The van der Waals surface area contributed by atoms with Crippen LogP contribution in [0.25, 0.3) is 10.9 Å². The Balaban J connectivity index is 2.05. The molecule has 1 fully saturated rings. The summed E-state index contributed by atoms with van der Waals surface area (Å²) < 4.78 is 1.15. The van der Waals surface area contributed by atoms with Crippen molar-refractivity contribution in [1.29, 1.82) is 0 Å². The quantitative estimate of drug-likeness (QED) is 0.815. The summed E-state index contributed by atoms with van der Waals surface area (Å²) in [5.41, 5.74) is 2.67. The number of H-pyrrole nitrogens is 1. The SMILES string of the molecule is Brc1c[nH]c2cc(C3CCNC3)ccc12. The monoisotopic (exact) mass is 264 g/mol. The first-order chi connectivity index (χ1) is 7.34. The Morgan fingerprint density at radius 1 is 1.33 bits per heavy atom. The van der Waals surface area contributed by atoms with Gasteiger partial charge in [-0.15, -0.1) is 0 Å². The van der Waals surface area contributed by atoms with Crippen LogP contribution in [0.5, 0.6) is 0 Å². The average Bonchev–Trinajstić information content (AvgIpc) is 2.88. The number of halogens is 1. The Labute approximate surface area is 97.2 Å². The third-order valence-electron chi connectivity index (χ3n) is 3.19. The van der Waals surface area contributed by atoms with Crippen LogP contribution in [0.15, 0.2) is 28.9 Å². The molecule has 0 aliphatic carbocycles. The first-order valence-corrected chi connectivity index (χ1v) is 6.11. The number of fused-ring (bicyclic) bond motifs is 1. The van der Waals surface area contributed by atoms with Crippen LogP contribution in [0.4, 0.5) is 0 Å². The van der Waals surface area contributed by atoms with Crippen molar-refractivity contribution in [2.45, 2.75) is 12.3 Å². The summed E-state index contributed by atoms with van der Waals surface area (Å²) in [6.45, 7) is 2.27. The topological polar surface area (TPSA) is 27.8 Å². The predicted molar refractivity (Wildman–Crippen MR) is 66.2 cm³/mol. The summed E-state index contributed by atoms with van der Waals surface area (Å²) in [7, 11) is 0. The first-order valence-electron chi connectivity index (χ1n) is 5.32. The van der Waals surface area contributed by atoms with Gasteiger partial charge in [0.25, 0.3) is 0 Å². The molecule has 1 aliphatic heterocycles. The predicted octanol–water partition coefficient (Wildman–Crippen LogP) is 3.01. The molecule has 0 radical (unpaired) electrons.